The Hall–Kier alpha value is -0.0400. The third kappa shape index (κ3) is 0.531. The van der Waals surface area contributed by atoms with Crippen LogP contribution >= 0.6 is 0 Å². The van der Waals surface area contributed by atoms with E-state index in [0.717, 1.165) is 11.8 Å². The van der Waals surface area contributed by atoms with E-state index >= 15 is 0 Å². The molecule has 1 saturated heterocycles. The molecule has 0 aromatic rings. The summed E-state index contributed by atoms with van der Waals surface area (Å²) in [4.78, 5) is 0. The van der Waals surface area contributed by atoms with Gasteiger partial charge < -0.3 is 5.32 Å². The van der Waals surface area contributed by atoms with Crippen molar-refractivity contribution in [2.45, 2.75) is 37.6 Å². The standard InChI is InChI=1S/C9H15N/c1-3-9(10-5-1)4-2-7-6-8(7)9/h7-8,10H,1-6H2. The van der Waals surface area contributed by atoms with Crippen LogP contribution in [0.25, 0.3) is 0 Å². The van der Waals surface area contributed by atoms with E-state index in [1.54, 1.807) is 6.42 Å². The van der Waals surface area contributed by atoms with E-state index in [9.17, 15) is 0 Å². The molecule has 56 valence electrons. The maximum atomic E-state index is 3.72. The molecule has 1 N–H and O–H groups in total. The maximum absolute atomic E-state index is 3.72. The summed E-state index contributed by atoms with van der Waals surface area (Å²) < 4.78 is 0. The fourth-order valence-electron chi connectivity index (χ4n) is 3.23. The van der Waals surface area contributed by atoms with Crippen LogP contribution in [0.15, 0.2) is 0 Å². The van der Waals surface area contributed by atoms with Crippen molar-refractivity contribution < 1.29 is 0 Å². The highest BCUT2D eigenvalue weighted by atomic mass is 15.0. The molecular weight excluding hydrogens is 122 g/mol. The summed E-state index contributed by atoms with van der Waals surface area (Å²) in [6.45, 7) is 1.29. The summed E-state index contributed by atoms with van der Waals surface area (Å²) in [5, 5.41) is 3.72. The Morgan fingerprint density at radius 2 is 2.30 bits per heavy atom. The van der Waals surface area contributed by atoms with Crippen LogP contribution < -0.4 is 5.32 Å². The van der Waals surface area contributed by atoms with Crippen molar-refractivity contribution >= 4 is 0 Å². The highest BCUT2D eigenvalue weighted by Crippen LogP contribution is 2.59. The van der Waals surface area contributed by atoms with Crippen molar-refractivity contribution in [1.82, 2.24) is 5.32 Å². The summed E-state index contributed by atoms with van der Waals surface area (Å²) in [6.07, 6.45) is 7.48. The van der Waals surface area contributed by atoms with Crippen LogP contribution in [0.4, 0.5) is 0 Å². The molecule has 2 aliphatic carbocycles. The highest BCUT2D eigenvalue weighted by Gasteiger charge is 2.58. The van der Waals surface area contributed by atoms with Gasteiger partial charge in [0.2, 0.25) is 0 Å². The van der Waals surface area contributed by atoms with E-state index in [1.165, 1.54) is 32.2 Å². The lowest BCUT2D eigenvalue weighted by molar-refractivity contribution is 0.339. The van der Waals surface area contributed by atoms with Crippen molar-refractivity contribution in [1.29, 1.82) is 0 Å². The van der Waals surface area contributed by atoms with Crippen molar-refractivity contribution in [2.24, 2.45) is 11.8 Å². The Bertz CT molecular complexity index is 153. The Morgan fingerprint density at radius 3 is 2.80 bits per heavy atom. The Morgan fingerprint density at radius 1 is 1.30 bits per heavy atom. The van der Waals surface area contributed by atoms with Crippen LogP contribution in [0.1, 0.15) is 32.1 Å². The summed E-state index contributed by atoms with van der Waals surface area (Å²) >= 11 is 0. The average molecular weight is 137 g/mol. The molecule has 3 aliphatic rings. The van der Waals surface area contributed by atoms with Crippen molar-refractivity contribution in [3.8, 4) is 0 Å². The molecule has 3 rings (SSSR count). The molecule has 1 heteroatoms. The lowest BCUT2D eigenvalue weighted by Crippen LogP contribution is -2.39. The van der Waals surface area contributed by atoms with Crippen molar-refractivity contribution in [3.63, 3.8) is 0 Å². The van der Waals surface area contributed by atoms with E-state index in [0.29, 0.717) is 5.54 Å². The molecule has 10 heavy (non-hydrogen) atoms. The largest absolute Gasteiger partial charge is 0.311 e. The van der Waals surface area contributed by atoms with Gasteiger partial charge in [0.05, 0.1) is 0 Å². The van der Waals surface area contributed by atoms with E-state index in [2.05, 4.69) is 5.32 Å². The van der Waals surface area contributed by atoms with Crippen molar-refractivity contribution in [3.05, 3.63) is 0 Å². The van der Waals surface area contributed by atoms with E-state index in [4.69, 9.17) is 0 Å². The molecule has 3 atom stereocenters. The van der Waals surface area contributed by atoms with Gasteiger partial charge in [-0.15, -0.1) is 0 Å². The second kappa shape index (κ2) is 1.58. The Kier molecular flexibility index (Phi) is 0.883. The number of fused-ring (bicyclic) bond motifs is 2. The van der Waals surface area contributed by atoms with E-state index in [1.807, 2.05) is 0 Å². The summed E-state index contributed by atoms with van der Waals surface area (Å²) in [5.74, 6) is 2.25. The van der Waals surface area contributed by atoms with Gasteiger partial charge in [0.25, 0.3) is 0 Å². The molecule has 0 radical (unpaired) electrons. The predicted molar refractivity (Wildman–Crippen MR) is 40.8 cm³/mol. The summed E-state index contributed by atoms with van der Waals surface area (Å²) in [6, 6.07) is 0. The second-order valence-electron chi connectivity index (χ2n) is 4.33. The molecule has 0 aromatic heterocycles. The van der Waals surface area contributed by atoms with Crippen LogP contribution in [0, 0.1) is 11.8 Å². The van der Waals surface area contributed by atoms with Gasteiger partial charge in [-0.3, -0.25) is 0 Å². The number of nitrogens with one attached hydrogen (secondary N) is 1. The smallest absolute Gasteiger partial charge is 0.0213 e. The summed E-state index contributed by atoms with van der Waals surface area (Å²) in [5.41, 5.74) is 0.671. The van der Waals surface area contributed by atoms with Gasteiger partial charge in [-0.25, -0.2) is 0 Å². The van der Waals surface area contributed by atoms with Gasteiger partial charge in [-0.05, 0) is 50.5 Å². The summed E-state index contributed by atoms with van der Waals surface area (Å²) in [7, 11) is 0. The Balaban J connectivity index is 1.89. The zero-order valence-corrected chi connectivity index (χ0v) is 6.40. The topological polar surface area (TPSA) is 12.0 Å². The maximum Gasteiger partial charge on any atom is 0.0213 e. The van der Waals surface area contributed by atoms with Gasteiger partial charge in [0, 0.05) is 5.54 Å². The molecule has 1 aliphatic heterocycles. The Labute approximate surface area is 62.2 Å². The fourth-order valence-corrected chi connectivity index (χ4v) is 3.23. The first-order valence-electron chi connectivity index (χ1n) is 4.66. The minimum atomic E-state index is 0.671. The van der Waals surface area contributed by atoms with Crippen LogP contribution in [-0.2, 0) is 0 Å². The first-order chi connectivity index (χ1) is 4.91. The minimum Gasteiger partial charge on any atom is -0.311 e. The van der Waals surface area contributed by atoms with Gasteiger partial charge in [-0.1, -0.05) is 0 Å². The highest BCUT2D eigenvalue weighted by molar-refractivity contribution is 5.13. The lowest BCUT2D eigenvalue weighted by Gasteiger charge is -2.25. The van der Waals surface area contributed by atoms with Crippen LogP contribution in [0.2, 0.25) is 0 Å². The minimum absolute atomic E-state index is 0.671. The predicted octanol–water partition coefficient (Wildman–Crippen LogP) is 1.54. The van der Waals surface area contributed by atoms with Crippen LogP contribution in [0.3, 0.4) is 0 Å². The third-order valence-electron chi connectivity index (χ3n) is 3.87. The van der Waals surface area contributed by atoms with E-state index < -0.39 is 0 Å². The number of rotatable bonds is 0. The van der Waals surface area contributed by atoms with E-state index in [-0.39, 0.29) is 0 Å². The van der Waals surface area contributed by atoms with Gasteiger partial charge in [-0.2, -0.15) is 0 Å². The molecule has 1 nitrogen and oxygen atoms in total. The quantitative estimate of drug-likeness (QED) is 0.534. The first-order valence-corrected chi connectivity index (χ1v) is 4.66. The van der Waals surface area contributed by atoms with Gasteiger partial charge in [0.15, 0.2) is 0 Å². The molecular formula is C9H15N. The molecule has 2 saturated carbocycles. The number of hydrogen-bond donors (Lipinski definition) is 1. The molecule has 0 bridgehead atoms. The average Bonchev–Trinajstić information content (AvgIpc) is 2.49. The van der Waals surface area contributed by atoms with Gasteiger partial charge >= 0.3 is 0 Å². The lowest BCUT2D eigenvalue weighted by atomic mass is 9.91. The van der Waals surface area contributed by atoms with Gasteiger partial charge in [0.1, 0.15) is 0 Å². The van der Waals surface area contributed by atoms with Crippen molar-refractivity contribution in [2.75, 3.05) is 6.54 Å². The zero-order chi connectivity index (χ0) is 6.60. The third-order valence-corrected chi connectivity index (χ3v) is 3.87. The monoisotopic (exact) mass is 137 g/mol. The molecule has 0 amide bonds. The molecule has 3 fully saturated rings. The molecule has 3 unspecified atom stereocenters. The van der Waals surface area contributed by atoms with Crippen LogP contribution in [-0.4, -0.2) is 12.1 Å². The second-order valence-corrected chi connectivity index (χ2v) is 4.33. The van der Waals surface area contributed by atoms with Crippen LogP contribution in [0.5, 0.6) is 0 Å². The molecule has 1 heterocycles. The fraction of sp³-hybridized carbons (Fsp3) is 1.00. The zero-order valence-electron chi connectivity index (χ0n) is 6.40. The molecule has 0 aromatic carbocycles. The first kappa shape index (κ1) is 5.59. The normalized spacial score (nSPS) is 57.6. The molecule has 1 spiro atoms. The number of hydrogen-bond acceptors (Lipinski definition) is 1. The SMILES string of the molecule is C1CNC2(C1)CCC1CC12.